The Morgan fingerprint density at radius 2 is 2.26 bits per heavy atom. The molecule has 2 unspecified atom stereocenters. The molecule has 1 aliphatic rings. The van der Waals surface area contributed by atoms with Gasteiger partial charge >= 0.3 is 0 Å². The molecule has 1 nitrogen and oxygen atoms in total. The molecule has 1 aromatic rings. The van der Waals surface area contributed by atoms with Gasteiger partial charge in [-0.25, -0.2) is 4.39 Å². The maximum atomic E-state index is 13.9. The Labute approximate surface area is 120 Å². The summed E-state index contributed by atoms with van der Waals surface area (Å²) < 4.78 is 13.9. The van der Waals surface area contributed by atoms with Gasteiger partial charge < -0.3 is 5.32 Å². The topological polar surface area (TPSA) is 12.0 Å². The van der Waals surface area contributed by atoms with E-state index in [1.54, 1.807) is 6.07 Å². The summed E-state index contributed by atoms with van der Waals surface area (Å²) in [6.45, 7) is 5.54. The molecule has 0 heterocycles. The maximum absolute atomic E-state index is 13.9. The molecule has 0 amide bonds. The number of rotatable bonds is 5. The minimum Gasteiger partial charge on any atom is -0.314 e. The van der Waals surface area contributed by atoms with Crippen LogP contribution >= 0.6 is 11.6 Å². The first-order chi connectivity index (χ1) is 9.02. The summed E-state index contributed by atoms with van der Waals surface area (Å²) >= 11 is 5.80. The first-order valence-corrected chi connectivity index (χ1v) is 7.57. The zero-order chi connectivity index (χ0) is 13.9. The lowest BCUT2D eigenvalue weighted by atomic mass is 9.82. The molecule has 1 fully saturated rings. The van der Waals surface area contributed by atoms with Crippen LogP contribution in [0.2, 0.25) is 5.02 Å². The van der Waals surface area contributed by atoms with E-state index in [9.17, 15) is 4.39 Å². The van der Waals surface area contributed by atoms with Crippen LogP contribution in [0, 0.1) is 11.2 Å². The van der Waals surface area contributed by atoms with Gasteiger partial charge in [-0.05, 0) is 61.8 Å². The van der Waals surface area contributed by atoms with Crippen LogP contribution in [0.15, 0.2) is 18.2 Å². The normalized spacial score (nSPS) is 26.8. The van der Waals surface area contributed by atoms with E-state index in [0.717, 1.165) is 31.4 Å². The highest BCUT2D eigenvalue weighted by atomic mass is 35.5. The van der Waals surface area contributed by atoms with Crippen molar-refractivity contribution >= 4 is 11.6 Å². The van der Waals surface area contributed by atoms with Gasteiger partial charge in [0.1, 0.15) is 5.82 Å². The van der Waals surface area contributed by atoms with Crippen LogP contribution in [0.1, 0.15) is 45.1 Å². The van der Waals surface area contributed by atoms with Gasteiger partial charge in [0.2, 0.25) is 0 Å². The average molecular weight is 284 g/mol. The van der Waals surface area contributed by atoms with E-state index in [-0.39, 0.29) is 11.2 Å². The summed E-state index contributed by atoms with van der Waals surface area (Å²) in [6, 6.07) is 5.63. The Hall–Kier alpha value is -0.600. The number of benzene rings is 1. The molecular weight excluding hydrogens is 261 g/mol. The zero-order valence-electron chi connectivity index (χ0n) is 11.8. The van der Waals surface area contributed by atoms with E-state index in [0.29, 0.717) is 11.1 Å². The number of halogens is 2. The summed E-state index contributed by atoms with van der Waals surface area (Å²) in [5, 5.41) is 4.05. The van der Waals surface area contributed by atoms with Crippen molar-refractivity contribution in [1.82, 2.24) is 5.32 Å². The molecule has 3 heteroatoms. The van der Waals surface area contributed by atoms with E-state index in [1.807, 2.05) is 6.07 Å². The van der Waals surface area contributed by atoms with Crippen molar-refractivity contribution in [3.8, 4) is 0 Å². The zero-order valence-corrected chi connectivity index (χ0v) is 12.6. The van der Waals surface area contributed by atoms with E-state index in [1.165, 1.54) is 18.9 Å². The molecule has 0 aromatic heterocycles. The van der Waals surface area contributed by atoms with Gasteiger partial charge in [-0.2, -0.15) is 0 Å². The minimum atomic E-state index is -0.168. The van der Waals surface area contributed by atoms with Crippen LogP contribution in [0.3, 0.4) is 0 Å². The van der Waals surface area contributed by atoms with Gasteiger partial charge in [-0.15, -0.1) is 0 Å². The Morgan fingerprint density at radius 1 is 1.47 bits per heavy atom. The number of nitrogens with one attached hydrogen (secondary N) is 1. The minimum absolute atomic E-state index is 0.168. The lowest BCUT2D eigenvalue weighted by Crippen LogP contribution is -2.29. The Kier molecular flexibility index (Phi) is 4.86. The molecule has 19 heavy (non-hydrogen) atoms. The molecule has 0 radical (unpaired) electrons. The Balaban J connectivity index is 1.98. The quantitative estimate of drug-likeness (QED) is 0.834. The molecule has 0 saturated heterocycles. The fraction of sp³-hybridized carbons (Fsp3) is 0.625. The molecule has 1 aliphatic carbocycles. The highest BCUT2D eigenvalue weighted by Crippen LogP contribution is 2.41. The van der Waals surface area contributed by atoms with Crippen molar-refractivity contribution < 1.29 is 4.39 Å². The monoisotopic (exact) mass is 283 g/mol. The summed E-state index contributed by atoms with van der Waals surface area (Å²) in [6.07, 6.45) is 5.47. The van der Waals surface area contributed by atoms with E-state index < -0.39 is 0 Å². The first kappa shape index (κ1) is 14.8. The van der Waals surface area contributed by atoms with Crippen LogP contribution in [-0.2, 0) is 6.42 Å². The molecule has 1 N–H and O–H groups in total. The van der Waals surface area contributed by atoms with Crippen LogP contribution < -0.4 is 5.32 Å². The van der Waals surface area contributed by atoms with Gasteiger partial charge in [-0.3, -0.25) is 0 Å². The van der Waals surface area contributed by atoms with E-state index >= 15 is 0 Å². The Morgan fingerprint density at radius 3 is 2.95 bits per heavy atom. The summed E-state index contributed by atoms with van der Waals surface area (Å²) in [5.41, 5.74) is 1.00. The van der Waals surface area contributed by atoms with Crippen LogP contribution in [0.5, 0.6) is 0 Å². The van der Waals surface area contributed by atoms with E-state index in [4.69, 9.17) is 11.6 Å². The molecule has 1 saturated carbocycles. The smallest absolute Gasteiger partial charge is 0.127 e. The second kappa shape index (κ2) is 6.23. The standard InChI is InChI=1S/C16H23ClFN/c1-3-8-19-14-6-7-16(2,11-14)10-12-4-5-13(17)9-15(12)18/h4-5,9,14,19H,3,6-8,10-11H2,1-2H3. The van der Waals surface area contributed by atoms with E-state index in [2.05, 4.69) is 19.2 Å². The van der Waals surface area contributed by atoms with Gasteiger partial charge in [0.15, 0.2) is 0 Å². The molecule has 0 bridgehead atoms. The maximum Gasteiger partial charge on any atom is 0.127 e. The van der Waals surface area contributed by atoms with Gasteiger partial charge in [-0.1, -0.05) is 31.5 Å². The van der Waals surface area contributed by atoms with Crippen molar-refractivity contribution in [2.24, 2.45) is 5.41 Å². The lowest BCUT2D eigenvalue weighted by Gasteiger charge is -2.25. The van der Waals surface area contributed by atoms with Gasteiger partial charge in [0.25, 0.3) is 0 Å². The van der Waals surface area contributed by atoms with Crippen molar-refractivity contribution in [3.05, 3.63) is 34.6 Å². The third kappa shape index (κ3) is 3.93. The molecule has 0 spiro atoms. The number of hydrogen-bond donors (Lipinski definition) is 1. The van der Waals surface area contributed by atoms with Crippen molar-refractivity contribution in [2.45, 2.75) is 52.0 Å². The molecule has 2 rings (SSSR count). The van der Waals surface area contributed by atoms with Crippen molar-refractivity contribution in [1.29, 1.82) is 0 Å². The van der Waals surface area contributed by atoms with Gasteiger partial charge in [0.05, 0.1) is 0 Å². The van der Waals surface area contributed by atoms with Crippen LogP contribution in [0.4, 0.5) is 4.39 Å². The molecular formula is C16H23ClFN. The summed E-state index contributed by atoms with van der Waals surface area (Å²) in [4.78, 5) is 0. The SMILES string of the molecule is CCCNC1CCC(C)(Cc2ccc(Cl)cc2F)C1. The molecule has 2 atom stereocenters. The first-order valence-electron chi connectivity index (χ1n) is 7.20. The lowest BCUT2D eigenvalue weighted by molar-refractivity contribution is 0.317. The highest BCUT2D eigenvalue weighted by molar-refractivity contribution is 6.30. The van der Waals surface area contributed by atoms with Crippen molar-refractivity contribution in [3.63, 3.8) is 0 Å². The predicted octanol–water partition coefficient (Wildman–Crippen LogP) is 4.58. The predicted molar refractivity (Wildman–Crippen MR) is 79.2 cm³/mol. The summed E-state index contributed by atoms with van der Waals surface area (Å²) in [5.74, 6) is -0.168. The Bertz CT molecular complexity index is 435. The van der Waals surface area contributed by atoms with Crippen molar-refractivity contribution in [2.75, 3.05) is 6.54 Å². The molecule has 106 valence electrons. The van der Waals surface area contributed by atoms with Gasteiger partial charge in [0, 0.05) is 11.1 Å². The largest absolute Gasteiger partial charge is 0.314 e. The second-order valence-corrected chi connectivity index (χ2v) is 6.55. The highest BCUT2D eigenvalue weighted by Gasteiger charge is 2.35. The fourth-order valence-electron chi connectivity index (χ4n) is 3.13. The molecule has 1 aromatic carbocycles. The average Bonchev–Trinajstić information content (AvgIpc) is 2.72. The number of hydrogen-bond acceptors (Lipinski definition) is 1. The third-order valence-corrected chi connectivity index (χ3v) is 4.39. The fourth-order valence-corrected chi connectivity index (χ4v) is 3.29. The van der Waals surface area contributed by atoms with Crippen LogP contribution in [-0.4, -0.2) is 12.6 Å². The summed E-state index contributed by atoms with van der Waals surface area (Å²) in [7, 11) is 0. The second-order valence-electron chi connectivity index (χ2n) is 6.12. The molecule has 0 aliphatic heterocycles. The third-order valence-electron chi connectivity index (χ3n) is 4.15. The van der Waals surface area contributed by atoms with Crippen LogP contribution in [0.25, 0.3) is 0 Å².